The molecule has 0 aromatic carbocycles. The van der Waals surface area contributed by atoms with Gasteiger partial charge in [0, 0.05) is 5.25 Å². The highest BCUT2D eigenvalue weighted by atomic mass is 32.2. The van der Waals surface area contributed by atoms with Gasteiger partial charge < -0.3 is 0 Å². The third kappa shape index (κ3) is 7.07. The smallest absolute Gasteiger partial charge is 0.0311 e. The predicted molar refractivity (Wildman–Crippen MR) is 59.3 cm³/mol. The second-order valence-corrected chi connectivity index (χ2v) is 4.56. The van der Waals surface area contributed by atoms with E-state index < -0.39 is 0 Å². The van der Waals surface area contributed by atoms with E-state index in [1.165, 1.54) is 31.4 Å². The summed E-state index contributed by atoms with van der Waals surface area (Å²) in [6.07, 6.45) is 9.71. The predicted octanol–water partition coefficient (Wildman–Crippen LogP) is 3.82. The molecule has 0 saturated carbocycles. The van der Waals surface area contributed by atoms with Crippen molar-refractivity contribution in [3.63, 3.8) is 0 Å². The third-order valence-corrected chi connectivity index (χ3v) is 3.28. The highest BCUT2D eigenvalue weighted by Crippen LogP contribution is 2.27. The molecule has 0 unspecified atom stereocenters. The first-order valence-corrected chi connectivity index (χ1v) is 6.84. The molecule has 0 atom stereocenters. The minimum absolute atomic E-state index is 1.29. The first kappa shape index (κ1) is 11.7. The van der Waals surface area contributed by atoms with Gasteiger partial charge >= 0.3 is 0 Å². The van der Waals surface area contributed by atoms with E-state index in [0.29, 0.717) is 0 Å². The van der Waals surface area contributed by atoms with Crippen LogP contribution in [0.1, 0.15) is 32.6 Å². The summed E-state index contributed by atoms with van der Waals surface area (Å²) in [5, 5.41) is 1.68. The van der Waals surface area contributed by atoms with Gasteiger partial charge in [0.05, 0.1) is 0 Å². The van der Waals surface area contributed by atoms with Crippen LogP contribution < -0.4 is 0 Å². The van der Waals surface area contributed by atoms with Crippen molar-refractivity contribution in [3.05, 3.63) is 5.25 Å². The van der Waals surface area contributed by atoms with Crippen molar-refractivity contribution >= 4 is 23.5 Å². The highest BCUT2D eigenvalue weighted by Gasteiger charge is 2.05. The second kappa shape index (κ2) is 8.79. The van der Waals surface area contributed by atoms with E-state index in [9.17, 15) is 0 Å². The van der Waals surface area contributed by atoms with Gasteiger partial charge in [-0.25, -0.2) is 0 Å². The Hall–Kier alpha value is 0.700. The lowest BCUT2D eigenvalue weighted by Gasteiger charge is -2.11. The molecule has 0 aromatic heterocycles. The first-order chi connectivity index (χ1) is 5.35. The average Bonchev–Trinajstić information content (AvgIpc) is 2.05. The van der Waals surface area contributed by atoms with E-state index in [1.54, 1.807) is 5.25 Å². The van der Waals surface area contributed by atoms with E-state index in [-0.39, 0.29) is 0 Å². The van der Waals surface area contributed by atoms with Crippen LogP contribution in [0, 0.1) is 5.25 Å². The van der Waals surface area contributed by atoms with E-state index in [0.717, 1.165) is 0 Å². The van der Waals surface area contributed by atoms with Crippen molar-refractivity contribution in [1.29, 1.82) is 0 Å². The van der Waals surface area contributed by atoms with Crippen LogP contribution in [-0.4, -0.2) is 18.3 Å². The number of unbranched alkanes of at least 4 members (excludes halogenated alkanes) is 1. The maximum Gasteiger partial charge on any atom is 0.0311 e. The molecule has 0 spiro atoms. The minimum Gasteiger partial charge on any atom is -0.165 e. The molecule has 0 fully saturated rings. The molecule has 1 radical (unpaired) electrons. The van der Waals surface area contributed by atoms with Crippen molar-refractivity contribution < 1.29 is 0 Å². The molecule has 67 valence electrons. The summed E-state index contributed by atoms with van der Waals surface area (Å²) < 4.78 is 0. The van der Waals surface area contributed by atoms with Crippen LogP contribution in [0.15, 0.2) is 0 Å². The summed E-state index contributed by atoms with van der Waals surface area (Å²) in [5.74, 6) is 1.29. The fraction of sp³-hybridized carbons (Fsp3) is 0.889. The van der Waals surface area contributed by atoms with Gasteiger partial charge in [0.15, 0.2) is 0 Å². The molecule has 0 amide bonds. The zero-order valence-corrected chi connectivity index (χ0v) is 9.49. The molecule has 0 rings (SSSR count). The van der Waals surface area contributed by atoms with E-state index >= 15 is 0 Å². The lowest BCUT2D eigenvalue weighted by Crippen LogP contribution is -1.93. The Bertz CT molecular complexity index is 66.0. The molecule has 0 N–H and O–H groups in total. The Balaban J connectivity index is 3.25. The van der Waals surface area contributed by atoms with Crippen molar-refractivity contribution in [3.8, 4) is 0 Å². The summed E-state index contributed by atoms with van der Waals surface area (Å²) in [6.45, 7) is 2.26. The molecular weight excluding hydrogens is 172 g/mol. The molecule has 0 aromatic rings. The van der Waals surface area contributed by atoms with Crippen LogP contribution in [-0.2, 0) is 0 Å². The molecule has 2 heteroatoms. The summed E-state index contributed by atoms with van der Waals surface area (Å²) in [6, 6.07) is 0. The molecule has 0 nitrogen and oxygen atoms in total. The Kier molecular flexibility index (Phi) is 9.35. The summed E-state index contributed by atoms with van der Waals surface area (Å²) in [5.41, 5.74) is 0. The zero-order valence-electron chi connectivity index (χ0n) is 7.85. The molecule has 11 heavy (non-hydrogen) atoms. The van der Waals surface area contributed by atoms with Gasteiger partial charge in [-0.1, -0.05) is 19.8 Å². The van der Waals surface area contributed by atoms with Crippen molar-refractivity contribution in [2.24, 2.45) is 0 Å². The number of hydrogen-bond donors (Lipinski definition) is 0. The van der Waals surface area contributed by atoms with Gasteiger partial charge in [0.25, 0.3) is 0 Å². The molecule has 0 aliphatic rings. The second-order valence-electron chi connectivity index (χ2n) is 2.59. The van der Waals surface area contributed by atoms with Crippen LogP contribution in [0.5, 0.6) is 0 Å². The van der Waals surface area contributed by atoms with E-state index in [1.807, 2.05) is 23.5 Å². The van der Waals surface area contributed by atoms with Crippen LogP contribution in [0.2, 0.25) is 0 Å². The van der Waals surface area contributed by atoms with E-state index in [4.69, 9.17) is 0 Å². The molecular formula is C9H19S2. The standard InChI is InChI=1S/C9H19S2/c1-4-5-6-9(11-3)7-8-10-2/h4-8H2,1-3H3. The number of rotatable bonds is 7. The minimum atomic E-state index is 1.29. The third-order valence-electron chi connectivity index (χ3n) is 1.68. The SMILES string of the molecule is CCCC[C](CCSC)SC. The molecule has 0 aliphatic heterocycles. The van der Waals surface area contributed by atoms with Gasteiger partial charge in [0.1, 0.15) is 0 Å². The lowest BCUT2D eigenvalue weighted by molar-refractivity contribution is 0.748. The van der Waals surface area contributed by atoms with Crippen LogP contribution in [0.3, 0.4) is 0 Å². The molecule has 0 heterocycles. The van der Waals surface area contributed by atoms with Crippen LogP contribution >= 0.6 is 23.5 Å². The molecule has 0 saturated heterocycles. The summed E-state index contributed by atoms with van der Waals surface area (Å²) in [7, 11) is 0. The number of hydrogen-bond acceptors (Lipinski definition) is 2. The fourth-order valence-electron chi connectivity index (χ4n) is 0.919. The Morgan fingerprint density at radius 3 is 2.36 bits per heavy atom. The maximum absolute atomic E-state index is 2.26. The molecule has 0 bridgehead atoms. The van der Waals surface area contributed by atoms with E-state index in [2.05, 4.69) is 19.4 Å². The molecule has 0 aliphatic carbocycles. The number of thioether (sulfide) groups is 2. The van der Waals surface area contributed by atoms with Crippen LogP contribution in [0.4, 0.5) is 0 Å². The van der Waals surface area contributed by atoms with Crippen molar-refractivity contribution in [1.82, 2.24) is 0 Å². The van der Waals surface area contributed by atoms with Gasteiger partial charge in [-0.3, -0.25) is 0 Å². The monoisotopic (exact) mass is 191 g/mol. The largest absolute Gasteiger partial charge is 0.165 e. The van der Waals surface area contributed by atoms with Gasteiger partial charge in [-0.05, 0) is 31.1 Å². The van der Waals surface area contributed by atoms with Crippen molar-refractivity contribution in [2.75, 3.05) is 18.3 Å². The summed E-state index contributed by atoms with van der Waals surface area (Å²) in [4.78, 5) is 0. The average molecular weight is 191 g/mol. The Morgan fingerprint density at radius 1 is 1.18 bits per heavy atom. The fourth-order valence-corrected chi connectivity index (χ4v) is 2.15. The van der Waals surface area contributed by atoms with Crippen LogP contribution in [0.25, 0.3) is 0 Å². The van der Waals surface area contributed by atoms with Crippen molar-refractivity contribution in [2.45, 2.75) is 32.6 Å². The normalized spacial score (nSPS) is 10.9. The van der Waals surface area contributed by atoms with Gasteiger partial charge in [-0.2, -0.15) is 23.5 Å². The van der Waals surface area contributed by atoms with Gasteiger partial charge in [-0.15, -0.1) is 0 Å². The first-order valence-electron chi connectivity index (χ1n) is 4.22. The zero-order chi connectivity index (χ0) is 8.53. The maximum atomic E-state index is 2.26. The Labute approximate surface area is 79.9 Å². The summed E-state index contributed by atoms with van der Waals surface area (Å²) >= 11 is 3.90. The highest BCUT2D eigenvalue weighted by molar-refractivity contribution is 8.01. The quantitative estimate of drug-likeness (QED) is 0.600. The topological polar surface area (TPSA) is 0 Å². The Morgan fingerprint density at radius 2 is 1.91 bits per heavy atom. The lowest BCUT2D eigenvalue weighted by atomic mass is 10.2. The van der Waals surface area contributed by atoms with Gasteiger partial charge in [0.2, 0.25) is 0 Å².